The molecule has 0 aliphatic heterocycles. The largest absolute Gasteiger partial charge is 0.398 e. The number of rotatable bonds is 3. The van der Waals surface area contributed by atoms with Crippen LogP contribution in [0.4, 0.5) is 11.4 Å². The van der Waals surface area contributed by atoms with Crippen molar-refractivity contribution in [3.8, 4) is 0 Å². The summed E-state index contributed by atoms with van der Waals surface area (Å²) in [7, 11) is 0. The van der Waals surface area contributed by atoms with E-state index in [1.165, 1.54) is 0 Å². The van der Waals surface area contributed by atoms with E-state index in [1.54, 1.807) is 18.2 Å². The van der Waals surface area contributed by atoms with Gasteiger partial charge in [0.25, 0.3) is 5.91 Å². The lowest BCUT2D eigenvalue weighted by molar-refractivity contribution is 0.102. The Morgan fingerprint density at radius 3 is 2.62 bits per heavy atom. The van der Waals surface area contributed by atoms with Gasteiger partial charge in [-0.2, -0.15) is 5.10 Å². The maximum absolute atomic E-state index is 12.4. The summed E-state index contributed by atoms with van der Waals surface area (Å²) in [4.78, 5) is 12.4. The summed E-state index contributed by atoms with van der Waals surface area (Å²) in [6.45, 7) is 7.87. The van der Waals surface area contributed by atoms with Gasteiger partial charge in [0.15, 0.2) is 0 Å². The molecule has 0 saturated carbocycles. The molecule has 1 aromatic heterocycles. The van der Waals surface area contributed by atoms with Crippen LogP contribution in [0.5, 0.6) is 0 Å². The lowest BCUT2D eigenvalue weighted by Crippen LogP contribution is -2.14. The second-order valence-electron chi connectivity index (χ2n) is 5.25. The Balaban J connectivity index is 2.34. The van der Waals surface area contributed by atoms with Crippen molar-refractivity contribution in [2.45, 2.75) is 33.7 Å². The summed E-state index contributed by atoms with van der Waals surface area (Å²) in [5.41, 5.74) is 8.87. The third-order valence-corrected chi connectivity index (χ3v) is 3.75. The minimum absolute atomic E-state index is 0.227. The fraction of sp³-hybridized carbons (Fsp3) is 0.333. The minimum atomic E-state index is -0.290. The van der Waals surface area contributed by atoms with Gasteiger partial charge < -0.3 is 11.1 Å². The molecule has 0 aliphatic carbocycles. The van der Waals surface area contributed by atoms with Gasteiger partial charge in [0, 0.05) is 6.04 Å². The van der Waals surface area contributed by atoms with Crippen LogP contribution in [0, 0.1) is 13.8 Å². The molecule has 0 aliphatic rings. The van der Waals surface area contributed by atoms with Crippen molar-refractivity contribution in [3.63, 3.8) is 0 Å². The van der Waals surface area contributed by atoms with Gasteiger partial charge in [-0.3, -0.25) is 9.48 Å². The van der Waals surface area contributed by atoms with E-state index in [4.69, 9.17) is 17.3 Å². The lowest BCUT2D eigenvalue weighted by Gasteiger charge is -2.10. The first kappa shape index (κ1) is 15.4. The van der Waals surface area contributed by atoms with Crippen LogP contribution in [-0.4, -0.2) is 15.7 Å². The van der Waals surface area contributed by atoms with E-state index in [0.29, 0.717) is 16.9 Å². The highest BCUT2D eigenvalue weighted by Crippen LogP contribution is 2.26. The molecule has 2 aromatic rings. The molecule has 0 atom stereocenters. The molecule has 5 nitrogen and oxygen atoms in total. The number of benzene rings is 1. The van der Waals surface area contributed by atoms with Crippen molar-refractivity contribution in [1.82, 2.24) is 9.78 Å². The highest BCUT2D eigenvalue weighted by molar-refractivity contribution is 6.36. The van der Waals surface area contributed by atoms with Crippen LogP contribution in [-0.2, 0) is 0 Å². The maximum Gasteiger partial charge on any atom is 0.257 e. The van der Waals surface area contributed by atoms with Gasteiger partial charge in [-0.1, -0.05) is 17.7 Å². The molecule has 0 bridgehead atoms. The Labute approximate surface area is 129 Å². The van der Waals surface area contributed by atoms with Crippen molar-refractivity contribution in [2.75, 3.05) is 11.1 Å². The Morgan fingerprint density at radius 2 is 2.05 bits per heavy atom. The third kappa shape index (κ3) is 2.88. The molecule has 3 N–H and O–H groups in total. The standard InChI is InChI=1S/C15H19ClN4O/c1-8(2)20-10(4)14(9(3)19-20)18-15(21)11-6-5-7-12(17)13(11)16/h5-8H,17H2,1-4H3,(H,18,21). The first-order chi connectivity index (χ1) is 9.82. The molecule has 6 heteroatoms. The number of carbonyl (C=O) groups is 1. The molecule has 0 saturated heterocycles. The van der Waals surface area contributed by atoms with Crippen molar-refractivity contribution < 1.29 is 4.79 Å². The maximum atomic E-state index is 12.4. The molecular formula is C15H19ClN4O. The summed E-state index contributed by atoms with van der Waals surface area (Å²) in [5.74, 6) is -0.290. The van der Waals surface area contributed by atoms with E-state index in [0.717, 1.165) is 11.4 Å². The number of nitrogens with two attached hydrogens (primary N) is 1. The fourth-order valence-electron chi connectivity index (χ4n) is 2.25. The van der Waals surface area contributed by atoms with E-state index in [1.807, 2.05) is 32.4 Å². The van der Waals surface area contributed by atoms with E-state index in [9.17, 15) is 4.79 Å². The smallest absolute Gasteiger partial charge is 0.257 e. The number of amides is 1. The second-order valence-corrected chi connectivity index (χ2v) is 5.63. The van der Waals surface area contributed by atoms with Gasteiger partial charge in [0.1, 0.15) is 0 Å². The third-order valence-electron chi connectivity index (χ3n) is 3.33. The van der Waals surface area contributed by atoms with Gasteiger partial charge in [-0.25, -0.2) is 0 Å². The zero-order valence-corrected chi connectivity index (χ0v) is 13.3. The molecule has 21 heavy (non-hydrogen) atoms. The average Bonchev–Trinajstić information content (AvgIpc) is 2.70. The quantitative estimate of drug-likeness (QED) is 0.851. The number of aromatic nitrogens is 2. The van der Waals surface area contributed by atoms with Gasteiger partial charge in [-0.15, -0.1) is 0 Å². The van der Waals surface area contributed by atoms with Crippen LogP contribution >= 0.6 is 11.6 Å². The molecule has 112 valence electrons. The molecule has 0 unspecified atom stereocenters. The van der Waals surface area contributed by atoms with Gasteiger partial charge >= 0.3 is 0 Å². The summed E-state index contributed by atoms with van der Waals surface area (Å²) < 4.78 is 1.88. The van der Waals surface area contributed by atoms with Crippen LogP contribution < -0.4 is 11.1 Å². The summed E-state index contributed by atoms with van der Waals surface area (Å²) in [5, 5.41) is 7.58. The number of anilines is 2. The van der Waals surface area contributed by atoms with Gasteiger partial charge in [0.05, 0.1) is 33.3 Å². The first-order valence-electron chi connectivity index (χ1n) is 6.74. The van der Waals surface area contributed by atoms with Gasteiger partial charge in [0.2, 0.25) is 0 Å². The number of nitrogens with one attached hydrogen (secondary N) is 1. The predicted molar refractivity (Wildman–Crippen MR) is 85.9 cm³/mol. The van der Waals surface area contributed by atoms with Crippen molar-refractivity contribution in [3.05, 3.63) is 40.2 Å². The number of nitrogen functional groups attached to an aromatic ring is 1. The average molecular weight is 307 g/mol. The molecule has 1 amide bonds. The van der Waals surface area contributed by atoms with E-state index in [2.05, 4.69) is 10.4 Å². The number of nitrogens with zero attached hydrogens (tertiary/aromatic N) is 2. The predicted octanol–water partition coefficient (Wildman–Crippen LogP) is 3.57. The van der Waals surface area contributed by atoms with Crippen LogP contribution in [0.15, 0.2) is 18.2 Å². The van der Waals surface area contributed by atoms with Crippen LogP contribution in [0.2, 0.25) is 5.02 Å². The topological polar surface area (TPSA) is 72.9 Å². The second kappa shape index (κ2) is 5.77. The van der Waals surface area contributed by atoms with E-state index in [-0.39, 0.29) is 17.0 Å². The van der Waals surface area contributed by atoms with Crippen molar-refractivity contribution in [2.24, 2.45) is 0 Å². The molecule has 0 fully saturated rings. The first-order valence-corrected chi connectivity index (χ1v) is 7.11. The monoisotopic (exact) mass is 306 g/mol. The summed E-state index contributed by atoms with van der Waals surface area (Å²) >= 11 is 6.08. The number of hydrogen-bond acceptors (Lipinski definition) is 3. The molecule has 2 rings (SSSR count). The molecule has 0 radical (unpaired) electrons. The Hall–Kier alpha value is -2.01. The van der Waals surface area contributed by atoms with Crippen LogP contribution in [0.1, 0.15) is 41.6 Å². The SMILES string of the molecule is Cc1nn(C(C)C)c(C)c1NC(=O)c1cccc(N)c1Cl. The number of halogens is 1. The van der Waals surface area contributed by atoms with Crippen molar-refractivity contribution >= 4 is 28.9 Å². The van der Waals surface area contributed by atoms with E-state index < -0.39 is 0 Å². The highest BCUT2D eigenvalue weighted by atomic mass is 35.5. The number of aryl methyl sites for hydroxylation is 1. The van der Waals surface area contributed by atoms with Crippen molar-refractivity contribution in [1.29, 1.82) is 0 Å². The zero-order chi connectivity index (χ0) is 15.7. The van der Waals surface area contributed by atoms with Crippen LogP contribution in [0.3, 0.4) is 0 Å². The zero-order valence-electron chi connectivity index (χ0n) is 12.6. The van der Waals surface area contributed by atoms with E-state index >= 15 is 0 Å². The Bertz CT molecular complexity index is 691. The fourth-order valence-corrected chi connectivity index (χ4v) is 2.46. The normalized spacial score (nSPS) is 11.0. The molecule has 1 heterocycles. The minimum Gasteiger partial charge on any atom is -0.398 e. The molecule has 1 aromatic carbocycles. The summed E-state index contributed by atoms with van der Waals surface area (Å²) in [6.07, 6.45) is 0. The molecular weight excluding hydrogens is 288 g/mol. The number of carbonyl (C=O) groups excluding carboxylic acids is 1. The Morgan fingerprint density at radius 1 is 1.38 bits per heavy atom. The molecule has 0 spiro atoms. The summed E-state index contributed by atoms with van der Waals surface area (Å²) in [6, 6.07) is 5.23. The number of hydrogen-bond donors (Lipinski definition) is 2. The van der Waals surface area contributed by atoms with Gasteiger partial charge in [-0.05, 0) is 39.8 Å². The Kier molecular flexibility index (Phi) is 4.23. The van der Waals surface area contributed by atoms with Crippen LogP contribution in [0.25, 0.3) is 0 Å². The lowest BCUT2D eigenvalue weighted by atomic mass is 10.1. The highest BCUT2D eigenvalue weighted by Gasteiger charge is 2.18.